The van der Waals surface area contributed by atoms with Crippen molar-refractivity contribution in [2.24, 2.45) is 0 Å². The molecule has 174 valence electrons. The van der Waals surface area contributed by atoms with E-state index in [1.54, 1.807) is 25.1 Å². The van der Waals surface area contributed by atoms with E-state index >= 15 is 0 Å². The summed E-state index contributed by atoms with van der Waals surface area (Å²) in [5.74, 6) is -0.277. The largest absolute Gasteiger partial charge is 0.534 e. The number of hydrogen-bond acceptors (Lipinski definition) is 3. The summed E-state index contributed by atoms with van der Waals surface area (Å²) in [5, 5.41) is 3.32. The summed E-state index contributed by atoms with van der Waals surface area (Å²) in [6, 6.07) is 28.5. The molecule has 4 rings (SSSR count). The van der Waals surface area contributed by atoms with Crippen LogP contribution in [0.15, 0.2) is 91.0 Å². The minimum absolute atomic E-state index is 0.255. The van der Waals surface area contributed by atoms with Gasteiger partial charge < -0.3 is 9.16 Å². The SMILES string of the molecule is CCOC(=O)c1cc(O[Si](c2ccccc2)(c2ccccc2)C(C)(C)C)c2ccc(F)cc2c1. The fourth-order valence-corrected chi connectivity index (χ4v) is 8.97. The highest BCUT2D eigenvalue weighted by Crippen LogP contribution is 2.40. The molecule has 0 atom stereocenters. The lowest BCUT2D eigenvalue weighted by molar-refractivity contribution is 0.0526. The van der Waals surface area contributed by atoms with Gasteiger partial charge in [-0.1, -0.05) is 81.4 Å². The Morgan fingerprint density at radius 2 is 1.44 bits per heavy atom. The van der Waals surface area contributed by atoms with E-state index in [2.05, 4.69) is 45.0 Å². The third-order valence-electron chi connectivity index (χ3n) is 6.07. The van der Waals surface area contributed by atoms with Crippen LogP contribution in [-0.2, 0) is 4.74 Å². The molecular weight excluding hydrogens is 443 g/mol. The van der Waals surface area contributed by atoms with Crippen LogP contribution in [-0.4, -0.2) is 20.9 Å². The molecule has 0 saturated carbocycles. The molecule has 0 N–H and O–H groups in total. The van der Waals surface area contributed by atoms with Gasteiger partial charge in [0.05, 0.1) is 12.2 Å². The van der Waals surface area contributed by atoms with Crippen LogP contribution < -0.4 is 14.8 Å². The van der Waals surface area contributed by atoms with E-state index in [4.69, 9.17) is 9.16 Å². The predicted octanol–water partition coefficient (Wildman–Crippen LogP) is 6.09. The molecule has 0 unspecified atom stereocenters. The van der Waals surface area contributed by atoms with Gasteiger partial charge in [0.15, 0.2) is 0 Å². The van der Waals surface area contributed by atoms with E-state index in [0.717, 1.165) is 15.8 Å². The van der Waals surface area contributed by atoms with Crippen LogP contribution in [0.2, 0.25) is 5.04 Å². The van der Waals surface area contributed by atoms with Crippen LogP contribution in [0, 0.1) is 5.82 Å². The molecule has 0 aliphatic heterocycles. The smallest absolute Gasteiger partial charge is 0.338 e. The zero-order chi connectivity index (χ0) is 24.3. The van der Waals surface area contributed by atoms with Crippen molar-refractivity contribution in [3.63, 3.8) is 0 Å². The van der Waals surface area contributed by atoms with E-state index in [0.29, 0.717) is 16.7 Å². The molecule has 0 aliphatic rings. The molecule has 3 nitrogen and oxygen atoms in total. The Morgan fingerprint density at radius 3 is 1.97 bits per heavy atom. The Hall–Kier alpha value is -3.44. The average Bonchev–Trinajstić information content (AvgIpc) is 2.82. The monoisotopic (exact) mass is 472 g/mol. The number of halogens is 1. The highest BCUT2D eigenvalue weighted by molar-refractivity contribution is 7.00. The zero-order valence-corrected chi connectivity index (χ0v) is 21.0. The summed E-state index contributed by atoms with van der Waals surface area (Å²) in [5.41, 5.74) is 0.341. The van der Waals surface area contributed by atoms with Crippen molar-refractivity contribution in [1.29, 1.82) is 0 Å². The van der Waals surface area contributed by atoms with Gasteiger partial charge in [0.25, 0.3) is 0 Å². The fraction of sp³-hybridized carbons (Fsp3) is 0.207. The third kappa shape index (κ3) is 4.36. The Labute approximate surface area is 201 Å². The maximum Gasteiger partial charge on any atom is 0.338 e. The van der Waals surface area contributed by atoms with Crippen molar-refractivity contribution < 1.29 is 18.3 Å². The van der Waals surface area contributed by atoms with Gasteiger partial charge in [-0.2, -0.15) is 0 Å². The Balaban J connectivity index is 2.02. The second kappa shape index (κ2) is 9.43. The van der Waals surface area contributed by atoms with Crippen molar-refractivity contribution in [2.45, 2.75) is 32.7 Å². The van der Waals surface area contributed by atoms with Crippen LogP contribution in [0.3, 0.4) is 0 Å². The number of benzene rings is 4. The third-order valence-corrected chi connectivity index (χ3v) is 11.0. The first kappa shape index (κ1) is 23.7. The van der Waals surface area contributed by atoms with E-state index in [1.165, 1.54) is 12.1 Å². The molecule has 0 heterocycles. The maximum atomic E-state index is 14.2. The van der Waals surface area contributed by atoms with Gasteiger partial charge in [-0.05, 0) is 58.1 Å². The van der Waals surface area contributed by atoms with Gasteiger partial charge in [-0.3, -0.25) is 0 Å². The summed E-state index contributed by atoms with van der Waals surface area (Å²) in [6.07, 6.45) is 0. The van der Waals surface area contributed by atoms with Gasteiger partial charge in [0.2, 0.25) is 0 Å². The minimum Gasteiger partial charge on any atom is -0.534 e. The summed E-state index contributed by atoms with van der Waals surface area (Å²) in [7, 11) is -2.94. The van der Waals surface area contributed by atoms with Crippen LogP contribution in [0.4, 0.5) is 4.39 Å². The van der Waals surface area contributed by atoms with Crippen molar-refractivity contribution >= 4 is 35.4 Å². The zero-order valence-electron chi connectivity index (χ0n) is 20.0. The fourth-order valence-electron chi connectivity index (χ4n) is 4.54. The second-order valence-electron chi connectivity index (χ2n) is 9.33. The molecule has 0 saturated heterocycles. The predicted molar refractivity (Wildman–Crippen MR) is 138 cm³/mol. The van der Waals surface area contributed by atoms with Crippen molar-refractivity contribution in [3.8, 4) is 5.75 Å². The Bertz CT molecular complexity index is 1260. The molecular formula is C29H29FO3Si. The molecule has 0 aliphatic carbocycles. The highest BCUT2D eigenvalue weighted by atomic mass is 28.4. The number of esters is 1. The standard InChI is InChI=1S/C29H29FO3Si/c1-5-32-28(31)22-18-21-19-23(30)16-17-26(21)27(20-22)33-34(29(2,3)4,24-12-8-6-9-13-24)25-14-10-7-11-15-25/h6-20H,5H2,1-4H3. The summed E-state index contributed by atoms with van der Waals surface area (Å²) >= 11 is 0. The van der Waals surface area contributed by atoms with Crippen LogP contribution in [0.1, 0.15) is 38.1 Å². The first-order chi connectivity index (χ1) is 16.3. The number of rotatable bonds is 6. The molecule has 0 amide bonds. The van der Waals surface area contributed by atoms with Gasteiger partial charge in [0.1, 0.15) is 11.6 Å². The minimum atomic E-state index is -2.94. The highest BCUT2D eigenvalue weighted by Gasteiger charge is 2.52. The topological polar surface area (TPSA) is 35.5 Å². The van der Waals surface area contributed by atoms with Gasteiger partial charge in [0, 0.05) is 5.39 Å². The van der Waals surface area contributed by atoms with Gasteiger partial charge in [-0.15, -0.1) is 0 Å². The number of carbonyl (C=O) groups excluding carboxylic acids is 1. The maximum absolute atomic E-state index is 14.2. The van der Waals surface area contributed by atoms with Crippen molar-refractivity contribution in [1.82, 2.24) is 0 Å². The lowest BCUT2D eigenvalue weighted by atomic mass is 10.1. The first-order valence-electron chi connectivity index (χ1n) is 11.5. The molecule has 0 bridgehead atoms. The van der Waals surface area contributed by atoms with E-state index in [-0.39, 0.29) is 17.5 Å². The molecule has 34 heavy (non-hydrogen) atoms. The van der Waals surface area contributed by atoms with E-state index < -0.39 is 14.3 Å². The van der Waals surface area contributed by atoms with Crippen molar-refractivity contribution in [3.05, 3.63) is 102 Å². The quantitative estimate of drug-likeness (QED) is 0.251. The molecule has 4 aromatic rings. The lowest BCUT2D eigenvalue weighted by Crippen LogP contribution is -2.68. The van der Waals surface area contributed by atoms with Crippen LogP contribution >= 0.6 is 0 Å². The molecule has 0 spiro atoms. The number of carbonyl (C=O) groups is 1. The van der Waals surface area contributed by atoms with Gasteiger partial charge >= 0.3 is 14.3 Å². The summed E-state index contributed by atoms with van der Waals surface area (Å²) in [6.45, 7) is 8.59. The number of ether oxygens (including phenoxy) is 1. The van der Waals surface area contributed by atoms with Crippen LogP contribution in [0.5, 0.6) is 5.75 Å². The number of hydrogen-bond donors (Lipinski definition) is 0. The first-order valence-corrected chi connectivity index (χ1v) is 13.4. The summed E-state index contributed by atoms with van der Waals surface area (Å²) in [4.78, 5) is 12.7. The summed E-state index contributed by atoms with van der Waals surface area (Å²) < 4.78 is 26.6. The number of fused-ring (bicyclic) bond motifs is 1. The molecule has 0 radical (unpaired) electrons. The Morgan fingerprint density at radius 1 is 0.853 bits per heavy atom. The van der Waals surface area contributed by atoms with Gasteiger partial charge in [-0.25, -0.2) is 9.18 Å². The lowest BCUT2D eigenvalue weighted by Gasteiger charge is -2.43. The van der Waals surface area contributed by atoms with E-state index in [1.807, 2.05) is 36.4 Å². The molecule has 4 aromatic carbocycles. The normalized spacial score (nSPS) is 11.9. The molecule has 0 fully saturated rings. The van der Waals surface area contributed by atoms with E-state index in [9.17, 15) is 9.18 Å². The second-order valence-corrected chi connectivity index (χ2v) is 13.5. The average molecular weight is 473 g/mol. The molecule has 0 aromatic heterocycles. The Kier molecular flexibility index (Phi) is 6.58. The molecule has 5 heteroatoms. The van der Waals surface area contributed by atoms with Crippen molar-refractivity contribution in [2.75, 3.05) is 6.61 Å². The van der Waals surface area contributed by atoms with Crippen LogP contribution in [0.25, 0.3) is 10.8 Å².